The van der Waals surface area contributed by atoms with Crippen LogP contribution >= 0.6 is 11.3 Å². The number of methoxy groups -OCH3 is 1. The molecule has 6 rings (SSSR count). The van der Waals surface area contributed by atoms with Crippen molar-refractivity contribution >= 4 is 44.6 Å². The van der Waals surface area contributed by atoms with Crippen LogP contribution in [0, 0.1) is 11.3 Å². The summed E-state index contributed by atoms with van der Waals surface area (Å²) in [6, 6.07) is 20.4. The van der Waals surface area contributed by atoms with Crippen LogP contribution < -0.4 is 34.3 Å². The predicted octanol–water partition coefficient (Wildman–Crippen LogP) is 3.01. The summed E-state index contributed by atoms with van der Waals surface area (Å²) in [7, 11) is -2.20. The van der Waals surface area contributed by atoms with Crippen LogP contribution in [0.15, 0.2) is 76.4 Å². The number of hydrogen-bond donors (Lipinski definition) is 1. The molecule has 2 aliphatic rings. The first kappa shape index (κ1) is 31.1. The molecule has 0 saturated carbocycles. The lowest BCUT2D eigenvalue weighted by molar-refractivity contribution is -0.111. The van der Waals surface area contributed by atoms with Crippen molar-refractivity contribution in [1.29, 1.82) is 5.26 Å². The van der Waals surface area contributed by atoms with Gasteiger partial charge in [0.25, 0.3) is 11.5 Å². The number of carbonyl (C=O) groups is 1. The summed E-state index contributed by atoms with van der Waals surface area (Å²) < 4.78 is 46.0. The van der Waals surface area contributed by atoms with Crippen LogP contribution in [0.5, 0.6) is 17.2 Å². The van der Waals surface area contributed by atoms with E-state index in [4.69, 9.17) is 14.2 Å². The van der Waals surface area contributed by atoms with Crippen molar-refractivity contribution in [3.8, 4) is 23.3 Å². The first-order valence-electron chi connectivity index (χ1n) is 14.6. The van der Waals surface area contributed by atoms with Gasteiger partial charge in [0.2, 0.25) is 16.8 Å². The molecule has 3 heterocycles. The van der Waals surface area contributed by atoms with Gasteiger partial charge in [0.1, 0.15) is 16.5 Å². The Bertz CT molecular complexity index is 2140. The van der Waals surface area contributed by atoms with Crippen LogP contribution in [0.3, 0.4) is 0 Å². The van der Waals surface area contributed by atoms with Crippen LogP contribution in [0.25, 0.3) is 11.6 Å². The molecule has 0 aliphatic carbocycles. The van der Waals surface area contributed by atoms with Gasteiger partial charge in [0.15, 0.2) is 17.1 Å². The molecule has 0 bridgehead atoms. The standard InChI is InChI=1S/C33H30N4O7S2/c1-42-25-9-5-7-22(15-25)17-30-32(39)37(20-23-11-12-28-29(16-23)44-21-43-28)33(45-30)27(19-34)31(38)35-24-8-6-10-26(18-24)46(40,41)36-13-3-2-4-14-36/h5-12,15-18H,2-4,13-14,20-21H2,1H3,(H,35,38). The molecular formula is C33H30N4O7S2. The van der Waals surface area contributed by atoms with E-state index in [-0.39, 0.29) is 34.2 Å². The number of nitriles is 1. The molecule has 2 aliphatic heterocycles. The van der Waals surface area contributed by atoms with Gasteiger partial charge in [-0.2, -0.15) is 9.57 Å². The first-order chi connectivity index (χ1) is 22.3. The van der Waals surface area contributed by atoms with Gasteiger partial charge >= 0.3 is 0 Å². The second kappa shape index (κ2) is 13.2. The minimum absolute atomic E-state index is 0.0509. The van der Waals surface area contributed by atoms with Gasteiger partial charge < -0.3 is 19.5 Å². The van der Waals surface area contributed by atoms with E-state index in [1.54, 1.807) is 61.7 Å². The summed E-state index contributed by atoms with van der Waals surface area (Å²) in [5, 5.41) is 12.9. The van der Waals surface area contributed by atoms with Crippen molar-refractivity contribution in [2.45, 2.75) is 30.7 Å². The first-order valence-corrected chi connectivity index (χ1v) is 16.8. The number of fused-ring (bicyclic) bond motifs is 1. The average Bonchev–Trinajstić information content (AvgIpc) is 3.66. The number of nitrogens with zero attached hydrogens (tertiary/aromatic N) is 3. The molecule has 0 radical (unpaired) electrons. The van der Waals surface area contributed by atoms with Crippen molar-refractivity contribution in [2.24, 2.45) is 0 Å². The second-order valence-corrected chi connectivity index (χ2v) is 13.7. The zero-order valence-electron chi connectivity index (χ0n) is 24.9. The van der Waals surface area contributed by atoms with E-state index in [0.29, 0.717) is 46.0 Å². The number of amides is 1. The third-order valence-corrected chi connectivity index (χ3v) is 10.7. The zero-order valence-corrected chi connectivity index (χ0v) is 26.5. The highest BCUT2D eigenvalue weighted by atomic mass is 32.2. The van der Waals surface area contributed by atoms with Crippen LogP contribution in [0.4, 0.5) is 5.69 Å². The number of ether oxygens (including phenoxy) is 3. The van der Waals surface area contributed by atoms with Gasteiger partial charge in [-0.1, -0.05) is 30.7 Å². The second-order valence-electron chi connectivity index (χ2n) is 10.7. The number of nitrogens with one attached hydrogen (secondary N) is 1. The molecule has 0 unspecified atom stereocenters. The molecule has 1 amide bonds. The lowest BCUT2D eigenvalue weighted by Crippen LogP contribution is -2.35. The predicted molar refractivity (Wildman–Crippen MR) is 173 cm³/mol. The van der Waals surface area contributed by atoms with E-state index in [1.165, 1.54) is 21.0 Å². The van der Waals surface area contributed by atoms with Crippen LogP contribution in [0.2, 0.25) is 0 Å². The van der Waals surface area contributed by atoms with Crippen molar-refractivity contribution in [2.75, 3.05) is 32.3 Å². The number of thiazole rings is 1. The van der Waals surface area contributed by atoms with Gasteiger partial charge in [0, 0.05) is 18.8 Å². The fourth-order valence-electron chi connectivity index (χ4n) is 5.33. The Morgan fingerprint density at radius 2 is 1.83 bits per heavy atom. The molecule has 1 saturated heterocycles. The number of anilines is 1. The van der Waals surface area contributed by atoms with Crippen molar-refractivity contribution in [1.82, 2.24) is 8.87 Å². The minimum atomic E-state index is -3.75. The third-order valence-electron chi connectivity index (χ3n) is 7.67. The third kappa shape index (κ3) is 6.41. The van der Waals surface area contributed by atoms with Gasteiger partial charge in [-0.3, -0.25) is 14.2 Å². The average molecular weight is 659 g/mol. The Hall–Kier alpha value is -4.90. The Morgan fingerprint density at radius 1 is 1.04 bits per heavy atom. The fourth-order valence-corrected chi connectivity index (χ4v) is 7.99. The Morgan fingerprint density at radius 3 is 2.61 bits per heavy atom. The highest BCUT2D eigenvalue weighted by Crippen LogP contribution is 2.32. The maximum atomic E-state index is 13.8. The molecule has 236 valence electrons. The molecule has 13 heteroatoms. The molecule has 46 heavy (non-hydrogen) atoms. The molecule has 1 aromatic heterocycles. The van der Waals surface area contributed by atoms with Crippen molar-refractivity contribution in [3.63, 3.8) is 0 Å². The van der Waals surface area contributed by atoms with Gasteiger partial charge in [-0.15, -0.1) is 11.3 Å². The van der Waals surface area contributed by atoms with Gasteiger partial charge in [0.05, 0.1) is 23.1 Å². The van der Waals surface area contributed by atoms with Crippen molar-refractivity contribution in [3.05, 3.63) is 97.4 Å². The molecular weight excluding hydrogens is 629 g/mol. The molecule has 1 N–H and O–H groups in total. The van der Waals surface area contributed by atoms with E-state index in [0.717, 1.165) is 30.6 Å². The maximum Gasteiger partial charge on any atom is 0.269 e. The quantitative estimate of drug-likeness (QED) is 0.305. The lowest BCUT2D eigenvalue weighted by Gasteiger charge is -2.26. The number of sulfonamides is 1. The number of rotatable bonds is 8. The van der Waals surface area contributed by atoms with E-state index < -0.39 is 21.5 Å². The monoisotopic (exact) mass is 658 g/mol. The SMILES string of the molecule is COc1cccc(C=c2sc(=C(C#N)C(=O)Nc3cccc(S(=O)(=O)N4CCCCC4)c3)n(Cc3ccc4c(c3)OCO4)c2=O)c1. The molecule has 3 aromatic carbocycles. The lowest BCUT2D eigenvalue weighted by atomic mass is 10.2. The summed E-state index contributed by atoms with van der Waals surface area (Å²) in [5.74, 6) is 0.956. The number of aromatic nitrogens is 1. The number of benzene rings is 3. The molecule has 1 fully saturated rings. The summed E-state index contributed by atoms with van der Waals surface area (Å²) >= 11 is 1.01. The van der Waals surface area contributed by atoms with Crippen LogP contribution in [-0.2, 0) is 21.4 Å². The molecule has 4 aromatic rings. The van der Waals surface area contributed by atoms with Crippen molar-refractivity contribution < 1.29 is 27.4 Å². The van der Waals surface area contributed by atoms with E-state index in [2.05, 4.69) is 5.32 Å². The van der Waals surface area contributed by atoms with E-state index in [9.17, 15) is 23.3 Å². The molecule has 0 spiro atoms. The topological polar surface area (TPSA) is 140 Å². The Labute approximate surface area is 269 Å². The molecule has 0 atom stereocenters. The maximum absolute atomic E-state index is 13.8. The highest BCUT2D eigenvalue weighted by Gasteiger charge is 2.26. The molecule has 11 nitrogen and oxygen atoms in total. The Balaban J connectivity index is 1.41. The Kier molecular flexibility index (Phi) is 8.94. The largest absolute Gasteiger partial charge is 0.497 e. The van der Waals surface area contributed by atoms with E-state index >= 15 is 0 Å². The highest BCUT2D eigenvalue weighted by molar-refractivity contribution is 7.89. The number of carbonyl (C=O) groups excluding carboxylic acids is 1. The zero-order chi connectivity index (χ0) is 32.3. The normalized spacial score (nSPS) is 15.7. The van der Waals surface area contributed by atoms with Gasteiger partial charge in [-0.25, -0.2) is 8.42 Å². The van der Waals surface area contributed by atoms with Gasteiger partial charge in [-0.05, 0) is 72.5 Å². The summed E-state index contributed by atoms with van der Waals surface area (Å²) in [5.41, 5.74) is 0.925. The van der Waals surface area contributed by atoms with Crippen LogP contribution in [-0.4, -0.2) is 50.2 Å². The smallest absolute Gasteiger partial charge is 0.269 e. The minimum Gasteiger partial charge on any atom is -0.497 e. The van der Waals surface area contributed by atoms with Crippen LogP contribution in [0.1, 0.15) is 30.4 Å². The fraction of sp³-hybridized carbons (Fsp3) is 0.242. The number of piperidine rings is 1. The summed E-state index contributed by atoms with van der Waals surface area (Å²) in [4.78, 5) is 27.5. The summed E-state index contributed by atoms with van der Waals surface area (Å²) in [6.45, 7) is 1.03. The summed E-state index contributed by atoms with van der Waals surface area (Å²) in [6.07, 6.45) is 4.25. The number of hydrogen-bond acceptors (Lipinski definition) is 9. The van der Waals surface area contributed by atoms with E-state index in [1.807, 2.05) is 12.1 Å².